The van der Waals surface area contributed by atoms with Crippen molar-refractivity contribution in [1.82, 2.24) is 20.1 Å². The summed E-state index contributed by atoms with van der Waals surface area (Å²) >= 11 is 5.22. The smallest absolute Gasteiger partial charge is 0.220 e. The zero-order chi connectivity index (χ0) is 14.8. The number of amides is 1. The van der Waals surface area contributed by atoms with Crippen molar-refractivity contribution in [2.45, 2.75) is 70.2 Å². The lowest BCUT2D eigenvalue weighted by atomic mass is 10.1. The third kappa shape index (κ3) is 3.71. The molecule has 7 heteroatoms. The molecule has 3 rings (SSSR count). The van der Waals surface area contributed by atoms with Gasteiger partial charge in [0.05, 0.1) is 18.8 Å². The van der Waals surface area contributed by atoms with E-state index in [9.17, 15) is 4.79 Å². The molecule has 0 spiro atoms. The van der Waals surface area contributed by atoms with Gasteiger partial charge in [-0.3, -0.25) is 14.5 Å². The van der Waals surface area contributed by atoms with Gasteiger partial charge in [-0.15, -0.1) is 0 Å². The first kappa shape index (κ1) is 14.7. The molecule has 2 atom stereocenters. The van der Waals surface area contributed by atoms with E-state index in [0.29, 0.717) is 29.9 Å². The maximum Gasteiger partial charge on any atom is 0.220 e. The number of nitrogens with zero attached hydrogens (tertiary/aromatic N) is 2. The van der Waals surface area contributed by atoms with Gasteiger partial charge in [-0.05, 0) is 51.2 Å². The average Bonchev–Trinajstić information content (AvgIpc) is 3.10. The quantitative estimate of drug-likeness (QED) is 0.791. The molecule has 2 heterocycles. The van der Waals surface area contributed by atoms with Crippen LogP contribution in [0, 0.1) is 4.77 Å². The predicted molar refractivity (Wildman–Crippen MR) is 80.3 cm³/mol. The number of hydrogen-bond donors (Lipinski definition) is 2. The van der Waals surface area contributed by atoms with Crippen LogP contribution < -0.4 is 5.32 Å². The van der Waals surface area contributed by atoms with Gasteiger partial charge in [-0.25, -0.2) is 0 Å². The average molecular weight is 310 g/mol. The summed E-state index contributed by atoms with van der Waals surface area (Å²) in [5, 5.41) is 9.94. The molecular weight excluding hydrogens is 288 g/mol. The third-order valence-electron chi connectivity index (χ3n) is 4.15. The zero-order valence-corrected chi connectivity index (χ0v) is 13.1. The van der Waals surface area contributed by atoms with E-state index in [1.165, 1.54) is 0 Å². The van der Waals surface area contributed by atoms with Gasteiger partial charge in [0.25, 0.3) is 0 Å². The Hall–Kier alpha value is -1.21. The standard InChI is InChI=1S/C14H22N4O2S/c1-9-2-5-11(20-9)6-7-13(19)15-8-12-16-17-14(21)18(12)10-3-4-10/h9-11H,2-8H2,1H3,(H,15,19)(H,17,21). The van der Waals surface area contributed by atoms with Crippen LogP contribution >= 0.6 is 12.2 Å². The van der Waals surface area contributed by atoms with Crippen molar-refractivity contribution >= 4 is 18.1 Å². The van der Waals surface area contributed by atoms with Crippen molar-refractivity contribution in [3.63, 3.8) is 0 Å². The van der Waals surface area contributed by atoms with Gasteiger partial charge in [-0.1, -0.05) is 0 Å². The van der Waals surface area contributed by atoms with Crippen LogP contribution in [0.15, 0.2) is 0 Å². The van der Waals surface area contributed by atoms with Crippen LogP contribution in [0.5, 0.6) is 0 Å². The second-order valence-electron chi connectivity index (χ2n) is 6.01. The largest absolute Gasteiger partial charge is 0.375 e. The lowest BCUT2D eigenvalue weighted by Crippen LogP contribution is -2.25. The highest BCUT2D eigenvalue weighted by Gasteiger charge is 2.27. The lowest BCUT2D eigenvalue weighted by Gasteiger charge is -2.11. The van der Waals surface area contributed by atoms with Crippen molar-refractivity contribution in [2.24, 2.45) is 0 Å². The van der Waals surface area contributed by atoms with E-state index in [4.69, 9.17) is 17.0 Å². The molecule has 1 amide bonds. The number of rotatable bonds is 6. The number of carbonyl (C=O) groups is 1. The van der Waals surface area contributed by atoms with Crippen LogP contribution in [-0.2, 0) is 16.1 Å². The number of carbonyl (C=O) groups excluding carboxylic acids is 1. The van der Waals surface area contributed by atoms with E-state index < -0.39 is 0 Å². The highest BCUT2D eigenvalue weighted by Crippen LogP contribution is 2.35. The number of H-pyrrole nitrogens is 1. The van der Waals surface area contributed by atoms with Gasteiger partial charge in [-0.2, -0.15) is 5.10 Å². The molecule has 1 aliphatic carbocycles. The van der Waals surface area contributed by atoms with Crippen LogP contribution in [0.3, 0.4) is 0 Å². The number of aromatic nitrogens is 3. The summed E-state index contributed by atoms with van der Waals surface area (Å²) in [6.45, 7) is 2.52. The van der Waals surface area contributed by atoms with Crippen molar-refractivity contribution in [3.8, 4) is 0 Å². The van der Waals surface area contributed by atoms with E-state index in [1.807, 2.05) is 4.57 Å². The van der Waals surface area contributed by atoms with Crippen LogP contribution in [0.2, 0.25) is 0 Å². The van der Waals surface area contributed by atoms with Gasteiger partial charge in [0.2, 0.25) is 5.91 Å². The SMILES string of the molecule is CC1CCC(CCC(=O)NCc2n[nH]c(=S)n2C2CC2)O1. The molecule has 2 aliphatic rings. The molecule has 21 heavy (non-hydrogen) atoms. The topological polar surface area (TPSA) is 71.9 Å². The van der Waals surface area contributed by atoms with Gasteiger partial charge >= 0.3 is 0 Å². The van der Waals surface area contributed by atoms with Gasteiger partial charge in [0.15, 0.2) is 10.6 Å². The summed E-state index contributed by atoms with van der Waals surface area (Å²) in [6, 6.07) is 0.469. The number of nitrogens with one attached hydrogen (secondary N) is 2. The summed E-state index contributed by atoms with van der Waals surface area (Å²) in [5.41, 5.74) is 0. The lowest BCUT2D eigenvalue weighted by molar-refractivity contribution is -0.122. The van der Waals surface area contributed by atoms with Crippen LogP contribution in [0.25, 0.3) is 0 Å². The molecule has 1 saturated carbocycles. The summed E-state index contributed by atoms with van der Waals surface area (Å²) in [5.74, 6) is 0.871. The Morgan fingerprint density at radius 3 is 2.95 bits per heavy atom. The molecule has 1 aromatic heterocycles. The first-order valence-corrected chi connectivity index (χ1v) is 8.12. The molecule has 2 fully saturated rings. The van der Waals surface area contributed by atoms with Crippen LogP contribution in [0.4, 0.5) is 0 Å². The fourth-order valence-corrected chi connectivity index (χ4v) is 3.13. The Labute approximate surface area is 129 Å². The molecule has 6 nitrogen and oxygen atoms in total. The van der Waals surface area contributed by atoms with E-state index >= 15 is 0 Å². The fraction of sp³-hybridized carbons (Fsp3) is 0.786. The van der Waals surface area contributed by atoms with Crippen molar-refractivity contribution in [1.29, 1.82) is 0 Å². The predicted octanol–water partition coefficient (Wildman–Crippen LogP) is 2.24. The number of aromatic amines is 1. The third-order valence-corrected chi connectivity index (χ3v) is 4.43. The second-order valence-corrected chi connectivity index (χ2v) is 6.39. The molecule has 1 saturated heterocycles. The molecule has 2 N–H and O–H groups in total. The van der Waals surface area contributed by atoms with E-state index in [2.05, 4.69) is 22.4 Å². The first-order valence-electron chi connectivity index (χ1n) is 7.71. The fourth-order valence-electron chi connectivity index (χ4n) is 2.83. The van der Waals surface area contributed by atoms with E-state index in [0.717, 1.165) is 37.9 Å². The minimum absolute atomic E-state index is 0.0504. The molecular formula is C14H22N4O2S. The van der Waals surface area contributed by atoms with Crippen molar-refractivity contribution in [2.75, 3.05) is 0 Å². The Balaban J connectivity index is 1.44. The van der Waals surface area contributed by atoms with Crippen molar-refractivity contribution < 1.29 is 9.53 Å². The molecule has 1 aliphatic heterocycles. The molecule has 2 unspecified atom stereocenters. The van der Waals surface area contributed by atoms with E-state index in [1.54, 1.807) is 0 Å². The van der Waals surface area contributed by atoms with Crippen LogP contribution in [0.1, 0.15) is 57.3 Å². The van der Waals surface area contributed by atoms with Gasteiger partial charge in [0.1, 0.15) is 0 Å². The van der Waals surface area contributed by atoms with Crippen LogP contribution in [-0.4, -0.2) is 32.9 Å². The second kappa shape index (κ2) is 6.27. The zero-order valence-electron chi connectivity index (χ0n) is 12.3. The highest BCUT2D eigenvalue weighted by atomic mass is 32.1. The van der Waals surface area contributed by atoms with Gasteiger partial charge < -0.3 is 10.1 Å². The minimum atomic E-state index is 0.0504. The first-order chi connectivity index (χ1) is 10.1. The summed E-state index contributed by atoms with van der Waals surface area (Å²) < 4.78 is 8.39. The molecule has 1 aromatic rings. The Bertz CT molecular complexity index is 564. The minimum Gasteiger partial charge on any atom is -0.375 e. The number of ether oxygens (including phenoxy) is 1. The Kier molecular flexibility index (Phi) is 4.40. The van der Waals surface area contributed by atoms with Gasteiger partial charge in [0, 0.05) is 12.5 Å². The molecule has 0 radical (unpaired) electrons. The maximum atomic E-state index is 11.9. The molecule has 0 bridgehead atoms. The molecule has 0 aromatic carbocycles. The summed E-state index contributed by atoms with van der Waals surface area (Å²) in [7, 11) is 0. The summed E-state index contributed by atoms with van der Waals surface area (Å²) in [6.07, 6.45) is 6.34. The van der Waals surface area contributed by atoms with E-state index in [-0.39, 0.29) is 12.0 Å². The maximum absolute atomic E-state index is 11.9. The Morgan fingerprint density at radius 1 is 1.48 bits per heavy atom. The molecule has 116 valence electrons. The Morgan fingerprint density at radius 2 is 2.29 bits per heavy atom. The number of hydrogen-bond acceptors (Lipinski definition) is 4. The monoisotopic (exact) mass is 310 g/mol. The highest BCUT2D eigenvalue weighted by molar-refractivity contribution is 7.71. The van der Waals surface area contributed by atoms with Crippen molar-refractivity contribution in [3.05, 3.63) is 10.6 Å². The summed E-state index contributed by atoms with van der Waals surface area (Å²) in [4.78, 5) is 11.9. The normalized spacial score (nSPS) is 25.2.